The second kappa shape index (κ2) is 9.46. The van der Waals surface area contributed by atoms with Crippen LogP contribution in [0.1, 0.15) is 24.0 Å². The van der Waals surface area contributed by atoms with Crippen LogP contribution in [0, 0.1) is 0 Å². The molecule has 1 saturated heterocycles. The molecule has 1 aliphatic heterocycles. The predicted molar refractivity (Wildman–Crippen MR) is 105 cm³/mol. The number of rotatable bonds is 8. The van der Waals surface area contributed by atoms with Gasteiger partial charge in [0.15, 0.2) is 0 Å². The van der Waals surface area contributed by atoms with Crippen molar-refractivity contribution in [2.45, 2.75) is 42.4 Å². The van der Waals surface area contributed by atoms with Gasteiger partial charge in [0.05, 0.1) is 6.61 Å². The van der Waals surface area contributed by atoms with Crippen LogP contribution in [0.4, 0.5) is 13.2 Å². The van der Waals surface area contributed by atoms with E-state index in [4.69, 9.17) is 0 Å². The molecule has 11 heteroatoms. The summed E-state index contributed by atoms with van der Waals surface area (Å²) in [6.07, 6.45) is -3.31. The second-order valence-electron chi connectivity index (χ2n) is 6.85. The van der Waals surface area contributed by atoms with E-state index >= 15 is 0 Å². The van der Waals surface area contributed by atoms with Crippen LogP contribution in [0.5, 0.6) is 0 Å². The first-order valence-corrected chi connectivity index (χ1v) is 11.5. The molecule has 1 amide bonds. The first-order valence-electron chi connectivity index (χ1n) is 9.22. The molecule has 164 valence electrons. The molecule has 1 atom stereocenters. The Balaban J connectivity index is 1.54. The highest BCUT2D eigenvalue weighted by Gasteiger charge is 2.39. The van der Waals surface area contributed by atoms with Crippen LogP contribution in [0.2, 0.25) is 0 Å². The first kappa shape index (κ1) is 22.7. The molecule has 1 aliphatic rings. The average molecular weight is 463 g/mol. The van der Waals surface area contributed by atoms with Crippen LogP contribution < -0.4 is 5.32 Å². The lowest BCUT2D eigenvalue weighted by atomic mass is 10.1. The van der Waals surface area contributed by atoms with Crippen molar-refractivity contribution in [1.82, 2.24) is 9.62 Å². The number of benzene rings is 1. The molecule has 1 aromatic heterocycles. The van der Waals surface area contributed by atoms with Crippen LogP contribution in [-0.4, -0.2) is 44.0 Å². The summed E-state index contributed by atoms with van der Waals surface area (Å²) in [5.41, 5.74) is 1.33. The molecule has 30 heavy (non-hydrogen) atoms. The summed E-state index contributed by atoms with van der Waals surface area (Å²) in [6, 6.07) is 9.03. The monoisotopic (exact) mass is 462 g/mol. The van der Waals surface area contributed by atoms with Crippen LogP contribution >= 0.6 is 11.3 Å². The molecule has 0 radical (unpaired) electrons. The SMILES string of the molecule is O=C(NCc1ccc(COCC(F)(F)F)cc1)C1CCCN1S(=O)(=O)c1cccs1. The number of thiophene rings is 1. The van der Waals surface area contributed by atoms with Crippen LogP contribution in [0.15, 0.2) is 46.0 Å². The van der Waals surface area contributed by atoms with Gasteiger partial charge in [-0.2, -0.15) is 17.5 Å². The zero-order valence-corrected chi connectivity index (χ0v) is 17.5. The number of hydrogen-bond donors (Lipinski definition) is 1. The smallest absolute Gasteiger partial charge is 0.367 e. The van der Waals surface area contributed by atoms with Gasteiger partial charge in [-0.1, -0.05) is 30.3 Å². The Labute approximate surface area is 176 Å². The lowest BCUT2D eigenvalue weighted by Crippen LogP contribution is -2.45. The van der Waals surface area contributed by atoms with Gasteiger partial charge in [-0.3, -0.25) is 4.79 Å². The van der Waals surface area contributed by atoms with Crippen molar-refractivity contribution >= 4 is 27.3 Å². The highest BCUT2D eigenvalue weighted by molar-refractivity contribution is 7.91. The predicted octanol–water partition coefficient (Wildman–Crippen LogP) is 3.30. The third kappa shape index (κ3) is 5.81. The van der Waals surface area contributed by atoms with E-state index in [1.54, 1.807) is 35.7 Å². The summed E-state index contributed by atoms with van der Waals surface area (Å²) in [6.45, 7) is -0.988. The fraction of sp³-hybridized carbons (Fsp3) is 0.421. The summed E-state index contributed by atoms with van der Waals surface area (Å²) in [7, 11) is -3.70. The van der Waals surface area contributed by atoms with Crippen molar-refractivity contribution in [2.75, 3.05) is 13.2 Å². The van der Waals surface area contributed by atoms with E-state index in [2.05, 4.69) is 10.1 Å². The molecule has 1 fully saturated rings. The van der Waals surface area contributed by atoms with Crippen molar-refractivity contribution in [2.24, 2.45) is 0 Å². The molecule has 0 aliphatic carbocycles. The molecule has 3 rings (SSSR count). The third-order valence-corrected chi connectivity index (χ3v) is 7.87. The molecule has 0 bridgehead atoms. The van der Waals surface area contributed by atoms with Crippen LogP contribution in [0.3, 0.4) is 0 Å². The van der Waals surface area contributed by atoms with Crippen molar-refractivity contribution < 1.29 is 31.1 Å². The Morgan fingerprint density at radius 2 is 1.90 bits per heavy atom. The molecule has 1 N–H and O–H groups in total. The molecule has 2 heterocycles. The molecule has 0 spiro atoms. The number of nitrogens with one attached hydrogen (secondary N) is 1. The standard InChI is InChI=1S/C19H21F3N2O4S2/c20-19(21,22)13-28-12-15-7-5-14(6-8-15)11-23-18(25)16-3-1-9-24(16)30(26,27)17-4-2-10-29-17/h2,4-8,10,16H,1,3,9,11-13H2,(H,23,25). The highest BCUT2D eigenvalue weighted by atomic mass is 32.2. The summed E-state index contributed by atoms with van der Waals surface area (Å²) in [5.74, 6) is -0.370. The Morgan fingerprint density at radius 3 is 2.53 bits per heavy atom. The Bertz CT molecular complexity index is 945. The summed E-state index contributed by atoms with van der Waals surface area (Å²) in [4.78, 5) is 12.6. The van der Waals surface area contributed by atoms with Crippen molar-refractivity contribution in [3.8, 4) is 0 Å². The quantitative estimate of drug-likeness (QED) is 0.653. The zero-order valence-electron chi connectivity index (χ0n) is 15.9. The Kier molecular flexibility index (Phi) is 7.17. The van der Waals surface area contributed by atoms with Crippen molar-refractivity contribution in [3.05, 3.63) is 52.9 Å². The van der Waals surface area contributed by atoms with Gasteiger partial charge < -0.3 is 10.1 Å². The molecule has 2 aromatic rings. The lowest BCUT2D eigenvalue weighted by molar-refractivity contribution is -0.176. The lowest BCUT2D eigenvalue weighted by Gasteiger charge is -2.22. The number of ether oxygens (including phenoxy) is 1. The molecular formula is C19H21F3N2O4S2. The maximum absolute atomic E-state index is 12.7. The summed E-state index contributed by atoms with van der Waals surface area (Å²) in [5, 5.41) is 4.43. The van der Waals surface area contributed by atoms with Crippen LogP contribution in [-0.2, 0) is 32.7 Å². The fourth-order valence-corrected chi connectivity index (χ4v) is 5.94. The summed E-state index contributed by atoms with van der Waals surface area (Å²) < 4.78 is 67.9. The Morgan fingerprint density at radius 1 is 1.20 bits per heavy atom. The number of alkyl halides is 3. The number of nitrogens with zero attached hydrogens (tertiary/aromatic N) is 1. The maximum Gasteiger partial charge on any atom is 0.411 e. The molecular weight excluding hydrogens is 441 g/mol. The minimum Gasteiger partial charge on any atom is -0.367 e. The molecule has 6 nitrogen and oxygen atoms in total. The zero-order chi connectivity index (χ0) is 21.8. The molecule has 0 saturated carbocycles. The van der Waals surface area contributed by atoms with Crippen molar-refractivity contribution in [3.63, 3.8) is 0 Å². The van der Waals surface area contributed by atoms with Gasteiger partial charge in [-0.05, 0) is 35.4 Å². The van der Waals surface area contributed by atoms with Gasteiger partial charge in [0.2, 0.25) is 5.91 Å². The van der Waals surface area contributed by atoms with Gasteiger partial charge in [-0.15, -0.1) is 11.3 Å². The number of carbonyl (C=O) groups excluding carboxylic acids is 1. The van der Waals surface area contributed by atoms with Gasteiger partial charge in [0.25, 0.3) is 10.0 Å². The summed E-state index contributed by atoms with van der Waals surface area (Å²) >= 11 is 1.11. The van der Waals surface area contributed by atoms with E-state index in [0.717, 1.165) is 16.9 Å². The number of sulfonamides is 1. The van der Waals surface area contributed by atoms with E-state index in [1.165, 1.54) is 10.4 Å². The van der Waals surface area contributed by atoms with Gasteiger partial charge >= 0.3 is 6.18 Å². The van der Waals surface area contributed by atoms with Gasteiger partial charge in [0, 0.05) is 13.1 Å². The number of carbonyl (C=O) groups is 1. The van der Waals surface area contributed by atoms with Crippen LogP contribution in [0.25, 0.3) is 0 Å². The topological polar surface area (TPSA) is 75.7 Å². The van der Waals surface area contributed by atoms with E-state index < -0.39 is 28.8 Å². The highest BCUT2D eigenvalue weighted by Crippen LogP contribution is 2.28. The molecule has 1 unspecified atom stereocenters. The average Bonchev–Trinajstić information content (AvgIpc) is 3.38. The van der Waals surface area contributed by atoms with E-state index in [9.17, 15) is 26.4 Å². The third-order valence-electron chi connectivity index (χ3n) is 4.59. The van der Waals surface area contributed by atoms with Gasteiger partial charge in [-0.25, -0.2) is 8.42 Å². The minimum absolute atomic E-state index is 0.163. The van der Waals surface area contributed by atoms with E-state index in [0.29, 0.717) is 24.9 Å². The van der Waals surface area contributed by atoms with E-state index in [1.807, 2.05) is 0 Å². The van der Waals surface area contributed by atoms with Crippen molar-refractivity contribution in [1.29, 1.82) is 0 Å². The maximum atomic E-state index is 12.7. The Hall–Kier alpha value is -1.95. The molecule has 1 aromatic carbocycles. The fourth-order valence-electron chi connectivity index (χ4n) is 3.16. The largest absolute Gasteiger partial charge is 0.411 e. The number of amides is 1. The first-order chi connectivity index (χ1) is 14.2. The number of hydrogen-bond acceptors (Lipinski definition) is 5. The second-order valence-corrected chi connectivity index (χ2v) is 9.91. The number of halogens is 3. The van der Waals surface area contributed by atoms with Gasteiger partial charge in [0.1, 0.15) is 16.9 Å². The van der Waals surface area contributed by atoms with E-state index in [-0.39, 0.29) is 23.3 Å². The normalized spacial score (nSPS) is 17.9. The minimum atomic E-state index is -4.37.